The first-order chi connectivity index (χ1) is 13.0. The first kappa shape index (κ1) is 19.0. The van der Waals surface area contributed by atoms with Crippen molar-refractivity contribution in [3.05, 3.63) is 59.2 Å². The summed E-state index contributed by atoms with van der Waals surface area (Å²) in [4.78, 5) is 24.4. The molecule has 0 aliphatic heterocycles. The Morgan fingerprint density at radius 3 is 2.56 bits per heavy atom. The summed E-state index contributed by atoms with van der Waals surface area (Å²) in [7, 11) is 0. The molecule has 1 aliphatic carbocycles. The van der Waals surface area contributed by atoms with E-state index < -0.39 is 12.1 Å². The van der Waals surface area contributed by atoms with Gasteiger partial charge in [-0.2, -0.15) is 0 Å². The van der Waals surface area contributed by atoms with E-state index in [1.165, 1.54) is 17.5 Å². The molecule has 0 aromatic heterocycles. The summed E-state index contributed by atoms with van der Waals surface area (Å²) in [6, 6.07) is 13.2. The molecule has 5 nitrogen and oxygen atoms in total. The number of amides is 1. The molecule has 0 radical (unpaired) electrons. The standard InChI is InChI=1S/C22H25NO4/c1-3-26-20-11-9-19(10-12-20)23-22(25)15(2)27-21(24)14-16-7-8-17-5-4-6-18(17)13-16/h7-13,15H,3-6,14H2,1-2H3,(H,23,25)/t15-/m0/s1. The van der Waals surface area contributed by atoms with Gasteiger partial charge in [0.05, 0.1) is 13.0 Å². The second-order valence-corrected chi connectivity index (χ2v) is 6.71. The SMILES string of the molecule is CCOc1ccc(NC(=O)[C@H](C)OC(=O)Cc2ccc3c(c2)CCC3)cc1. The number of benzene rings is 2. The number of anilines is 1. The smallest absolute Gasteiger partial charge is 0.311 e. The number of carbonyl (C=O) groups excluding carboxylic acids is 2. The van der Waals surface area contributed by atoms with Crippen LogP contribution < -0.4 is 10.1 Å². The number of aryl methyl sites for hydroxylation is 2. The van der Waals surface area contributed by atoms with E-state index >= 15 is 0 Å². The Morgan fingerprint density at radius 2 is 1.81 bits per heavy atom. The monoisotopic (exact) mass is 367 g/mol. The van der Waals surface area contributed by atoms with Crippen molar-refractivity contribution in [2.45, 2.75) is 45.6 Å². The van der Waals surface area contributed by atoms with Gasteiger partial charge >= 0.3 is 5.97 Å². The van der Waals surface area contributed by atoms with Crippen LogP contribution in [-0.2, 0) is 33.6 Å². The Kier molecular flexibility index (Phi) is 6.12. The van der Waals surface area contributed by atoms with Crippen LogP contribution in [0, 0.1) is 0 Å². The molecule has 1 aliphatic rings. The zero-order valence-corrected chi connectivity index (χ0v) is 15.8. The van der Waals surface area contributed by atoms with Gasteiger partial charge < -0.3 is 14.8 Å². The minimum absolute atomic E-state index is 0.175. The number of esters is 1. The Hall–Kier alpha value is -2.82. The molecule has 0 heterocycles. The lowest BCUT2D eigenvalue weighted by molar-refractivity contribution is -0.152. The molecular formula is C22H25NO4. The third kappa shape index (κ3) is 5.09. The first-order valence-electron chi connectivity index (χ1n) is 9.39. The highest BCUT2D eigenvalue weighted by Crippen LogP contribution is 2.23. The lowest BCUT2D eigenvalue weighted by atomic mass is 10.0. The molecule has 0 saturated heterocycles. The third-order valence-corrected chi connectivity index (χ3v) is 4.62. The van der Waals surface area contributed by atoms with Gasteiger partial charge in [0.1, 0.15) is 5.75 Å². The summed E-state index contributed by atoms with van der Waals surface area (Å²) in [5, 5.41) is 2.74. The predicted octanol–water partition coefficient (Wildman–Crippen LogP) is 3.69. The second kappa shape index (κ2) is 8.71. The molecule has 0 unspecified atom stereocenters. The molecule has 27 heavy (non-hydrogen) atoms. The molecule has 1 atom stereocenters. The highest BCUT2D eigenvalue weighted by Gasteiger charge is 2.19. The maximum atomic E-state index is 12.2. The molecule has 2 aromatic rings. The van der Waals surface area contributed by atoms with E-state index in [1.807, 2.05) is 13.0 Å². The summed E-state index contributed by atoms with van der Waals surface area (Å²) in [6.45, 7) is 4.07. The van der Waals surface area contributed by atoms with Gasteiger partial charge in [-0.3, -0.25) is 9.59 Å². The zero-order chi connectivity index (χ0) is 19.2. The summed E-state index contributed by atoms with van der Waals surface area (Å²) < 4.78 is 10.7. The lowest BCUT2D eigenvalue weighted by Crippen LogP contribution is -2.30. The average molecular weight is 367 g/mol. The highest BCUT2D eigenvalue weighted by atomic mass is 16.5. The Morgan fingerprint density at radius 1 is 1.07 bits per heavy atom. The largest absolute Gasteiger partial charge is 0.494 e. The molecule has 142 valence electrons. The number of ether oxygens (including phenoxy) is 2. The van der Waals surface area contributed by atoms with Crippen molar-refractivity contribution < 1.29 is 19.1 Å². The van der Waals surface area contributed by atoms with E-state index in [4.69, 9.17) is 9.47 Å². The zero-order valence-electron chi connectivity index (χ0n) is 15.8. The number of rotatable bonds is 7. The molecule has 0 fully saturated rings. The van der Waals surface area contributed by atoms with E-state index in [1.54, 1.807) is 31.2 Å². The minimum Gasteiger partial charge on any atom is -0.494 e. The van der Waals surface area contributed by atoms with E-state index in [0.717, 1.165) is 24.2 Å². The summed E-state index contributed by atoms with van der Waals surface area (Å²) >= 11 is 0. The van der Waals surface area contributed by atoms with E-state index in [2.05, 4.69) is 17.4 Å². The van der Waals surface area contributed by atoms with Gasteiger partial charge in [0.25, 0.3) is 5.91 Å². The number of carbonyl (C=O) groups is 2. The quantitative estimate of drug-likeness (QED) is 0.758. The van der Waals surface area contributed by atoms with Gasteiger partial charge in [0, 0.05) is 5.69 Å². The van der Waals surface area contributed by atoms with Crippen molar-refractivity contribution in [3.63, 3.8) is 0 Å². The van der Waals surface area contributed by atoms with Crippen LogP contribution in [0.25, 0.3) is 0 Å². The molecular weight excluding hydrogens is 342 g/mol. The van der Waals surface area contributed by atoms with Crippen molar-refractivity contribution in [2.75, 3.05) is 11.9 Å². The van der Waals surface area contributed by atoms with Crippen LogP contribution in [-0.4, -0.2) is 24.6 Å². The van der Waals surface area contributed by atoms with E-state index in [0.29, 0.717) is 12.3 Å². The van der Waals surface area contributed by atoms with Gasteiger partial charge in [0.2, 0.25) is 0 Å². The molecule has 5 heteroatoms. The van der Waals surface area contributed by atoms with Gasteiger partial charge in [0.15, 0.2) is 6.10 Å². The maximum absolute atomic E-state index is 12.2. The van der Waals surface area contributed by atoms with E-state index in [-0.39, 0.29) is 12.3 Å². The van der Waals surface area contributed by atoms with Crippen LogP contribution in [0.3, 0.4) is 0 Å². The van der Waals surface area contributed by atoms with Crippen LogP contribution >= 0.6 is 0 Å². The predicted molar refractivity (Wildman–Crippen MR) is 104 cm³/mol. The maximum Gasteiger partial charge on any atom is 0.311 e. The highest BCUT2D eigenvalue weighted by molar-refractivity contribution is 5.95. The summed E-state index contributed by atoms with van der Waals surface area (Å²) in [6.07, 6.45) is 2.67. The van der Waals surface area contributed by atoms with Gasteiger partial charge in [-0.1, -0.05) is 18.2 Å². The van der Waals surface area contributed by atoms with Crippen molar-refractivity contribution in [3.8, 4) is 5.75 Å². The molecule has 1 amide bonds. The number of nitrogens with one attached hydrogen (secondary N) is 1. The van der Waals surface area contributed by atoms with Crippen molar-refractivity contribution >= 4 is 17.6 Å². The van der Waals surface area contributed by atoms with E-state index in [9.17, 15) is 9.59 Å². The number of hydrogen-bond acceptors (Lipinski definition) is 4. The molecule has 0 bridgehead atoms. The van der Waals surface area contributed by atoms with Crippen LogP contribution in [0.4, 0.5) is 5.69 Å². The van der Waals surface area contributed by atoms with Crippen molar-refractivity contribution in [1.29, 1.82) is 0 Å². The lowest BCUT2D eigenvalue weighted by Gasteiger charge is -2.14. The third-order valence-electron chi connectivity index (χ3n) is 4.62. The topological polar surface area (TPSA) is 64.6 Å². The van der Waals surface area contributed by atoms with Crippen LogP contribution in [0.2, 0.25) is 0 Å². The number of fused-ring (bicyclic) bond motifs is 1. The fraction of sp³-hybridized carbons (Fsp3) is 0.364. The first-order valence-corrected chi connectivity index (χ1v) is 9.39. The van der Waals surface area contributed by atoms with Crippen LogP contribution in [0.5, 0.6) is 5.75 Å². The van der Waals surface area contributed by atoms with Crippen molar-refractivity contribution in [1.82, 2.24) is 0 Å². The fourth-order valence-electron chi connectivity index (χ4n) is 3.24. The Bertz CT molecular complexity index is 814. The second-order valence-electron chi connectivity index (χ2n) is 6.71. The van der Waals surface area contributed by atoms with Gasteiger partial charge in [-0.05, 0) is 74.1 Å². The van der Waals surface area contributed by atoms with Crippen LogP contribution in [0.15, 0.2) is 42.5 Å². The number of hydrogen-bond donors (Lipinski definition) is 1. The Labute approximate surface area is 159 Å². The normalized spacial score (nSPS) is 13.6. The van der Waals surface area contributed by atoms with Gasteiger partial charge in [-0.15, -0.1) is 0 Å². The molecule has 2 aromatic carbocycles. The molecule has 3 rings (SSSR count). The van der Waals surface area contributed by atoms with Crippen LogP contribution in [0.1, 0.15) is 37.0 Å². The van der Waals surface area contributed by atoms with Crippen molar-refractivity contribution in [2.24, 2.45) is 0 Å². The average Bonchev–Trinajstić information content (AvgIpc) is 3.11. The Balaban J connectivity index is 1.50. The molecule has 0 spiro atoms. The fourth-order valence-corrected chi connectivity index (χ4v) is 3.24. The molecule has 0 saturated carbocycles. The van der Waals surface area contributed by atoms with Gasteiger partial charge in [-0.25, -0.2) is 0 Å². The summed E-state index contributed by atoms with van der Waals surface area (Å²) in [5.74, 6) is -0.0203. The minimum atomic E-state index is -0.863. The molecule has 1 N–H and O–H groups in total. The summed E-state index contributed by atoms with van der Waals surface area (Å²) in [5.41, 5.74) is 4.25.